The van der Waals surface area contributed by atoms with E-state index in [0.29, 0.717) is 35.5 Å². The van der Waals surface area contributed by atoms with Crippen molar-refractivity contribution < 1.29 is 28.4 Å². The van der Waals surface area contributed by atoms with E-state index in [1.54, 1.807) is 12.1 Å². The van der Waals surface area contributed by atoms with Gasteiger partial charge in [-0.05, 0) is 60.7 Å². The molecule has 3 aliphatic heterocycles. The average molecular weight is 990 g/mol. The highest BCUT2D eigenvalue weighted by Crippen LogP contribution is 2.30. The number of nitrogens with one attached hydrogen (secondary N) is 2. The summed E-state index contributed by atoms with van der Waals surface area (Å²) in [5.41, 5.74) is 9.65. The fraction of sp³-hybridized carbons (Fsp3) is 0.273. The maximum Gasteiger partial charge on any atom is 0.304 e. The smallest absolute Gasteiger partial charge is 0.304 e. The highest BCUT2D eigenvalue weighted by atomic mass is 79.9. The van der Waals surface area contributed by atoms with Crippen LogP contribution >= 0.6 is 63.7 Å². The average Bonchev–Trinajstić information content (AvgIpc) is 3.44. The Balaban J connectivity index is 0.000000137. The van der Waals surface area contributed by atoms with Gasteiger partial charge in [-0.2, -0.15) is 4.39 Å². The number of rotatable bonds is 7. The van der Waals surface area contributed by atoms with Crippen LogP contribution in [0.3, 0.4) is 0 Å². The number of nitrogens with zero attached hydrogens (tertiary/aromatic N) is 5. The Hall–Kier alpha value is -3.79. The van der Waals surface area contributed by atoms with Crippen molar-refractivity contribution in [1.82, 2.24) is 15.0 Å². The molecule has 5 aromatic rings. The first-order valence-electron chi connectivity index (χ1n) is 15.7. The summed E-state index contributed by atoms with van der Waals surface area (Å²) in [5.74, 6) is -0.829. The molecular formula is C33H31Br4FN8O7. The van der Waals surface area contributed by atoms with E-state index in [-0.39, 0.29) is 11.7 Å². The van der Waals surface area contributed by atoms with E-state index in [9.17, 15) is 24.6 Å². The zero-order valence-electron chi connectivity index (χ0n) is 27.5. The Kier molecular flexibility index (Phi) is 14.5. The van der Waals surface area contributed by atoms with E-state index in [2.05, 4.69) is 84.7 Å². The van der Waals surface area contributed by atoms with Crippen molar-refractivity contribution in [1.29, 1.82) is 0 Å². The van der Waals surface area contributed by atoms with E-state index in [4.69, 9.17) is 19.9 Å². The number of halogens is 5. The summed E-state index contributed by atoms with van der Waals surface area (Å²) in [7, 11) is 0. The molecule has 53 heavy (non-hydrogen) atoms. The minimum Gasteiger partial charge on any atom is -0.397 e. The molecule has 0 spiro atoms. The van der Waals surface area contributed by atoms with Crippen molar-refractivity contribution in [2.75, 3.05) is 56.0 Å². The first-order chi connectivity index (χ1) is 25.4. The van der Waals surface area contributed by atoms with Crippen LogP contribution in [0.4, 0.5) is 32.8 Å². The summed E-state index contributed by atoms with van der Waals surface area (Å²) in [5, 5.41) is 35.4. The largest absolute Gasteiger partial charge is 0.397 e. The molecule has 3 saturated heterocycles. The quantitative estimate of drug-likeness (QED) is 0.0804. The third-order valence-electron chi connectivity index (χ3n) is 7.67. The zero-order valence-corrected chi connectivity index (χ0v) is 33.8. The van der Waals surface area contributed by atoms with Crippen LogP contribution in [0.5, 0.6) is 0 Å². The van der Waals surface area contributed by atoms with E-state index >= 15 is 0 Å². The van der Waals surface area contributed by atoms with Gasteiger partial charge < -0.3 is 30.6 Å². The van der Waals surface area contributed by atoms with Gasteiger partial charge in [-0.3, -0.25) is 20.2 Å². The molecule has 3 aliphatic rings. The number of fused-ring (bicyclic) bond motifs is 1. The number of nitro groups is 2. The lowest BCUT2D eigenvalue weighted by Crippen LogP contribution is -2.40. The second-order valence-electron chi connectivity index (χ2n) is 11.6. The van der Waals surface area contributed by atoms with Crippen LogP contribution in [0.25, 0.3) is 11.0 Å². The lowest BCUT2D eigenvalue weighted by Gasteiger charge is -2.28. The molecule has 3 fully saturated rings. The van der Waals surface area contributed by atoms with Crippen LogP contribution in [-0.2, 0) is 14.2 Å². The van der Waals surface area contributed by atoms with Gasteiger partial charge in [0.2, 0.25) is 5.82 Å². The molecular weight excluding hydrogens is 959 g/mol. The summed E-state index contributed by atoms with van der Waals surface area (Å²) in [4.78, 5) is 19.7. The second-order valence-corrected chi connectivity index (χ2v) is 15.3. The first-order valence-corrected chi connectivity index (χ1v) is 18.9. The van der Waals surface area contributed by atoms with E-state index in [1.165, 1.54) is 12.1 Å². The Bertz CT molecular complexity index is 2070. The monoisotopic (exact) mass is 986 g/mol. The summed E-state index contributed by atoms with van der Waals surface area (Å²) in [6.07, 6.45) is 0. The number of nitro benzene ring substituents is 2. The Morgan fingerprint density at radius 2 is 1.19 bits per heavy atom. The molecule has 0 unspecified atom stereocenters. The number of ether oxygens (including phenoxy) is 3. The first kappa shape index (κ1) is 40.4. The topological polar surface area (TPSA) is 195 Å². The van der Waals surface area contributed by atoms with Crippen LogP contribution in [0, 0.1) is 26.0 Å². The van der Waals surface area contributed by atoms with Crippen molar-refractivity contribution in [2.45, 2.75) is 18.1 Å². The van der Waals surface area contributed by atoms with Crippen LogP contribution in [0.15, 0.2) is 90.7 Å². The maximum atomic E-state index is 12.6. The molecule has 15 nitrogen and oxygen atoms in total. The van der Waals surface area contributed by atoms with Gasteiger partial charge in [-0.15, -0.1) is 5.10 Å². The number of anilines is 3. The third-order valence-corrected chi connectivity index (χ3v) is 9.64. The summed E-state index contributed by atoms with van der Waals surface area (Å²) >= 11 is 13.1. The van der Waals surface area contributed by atoms with Gasteiger partial charge in [0, 0.05) is 30.0 Å². The zero-order chi connectivity index (χ0) is 38.1. The predicted molar refractivity (Wildman–Crippen MR) is 212 cm³/mol. The van der Waals surface area contributed by atoms with Gasteiger partial charge in [0.25, 0.3) is 5.69 Å². The van der Waals surface area contributed by atoms with Crippen molar-refractivity contribution in [2.24, 2.45) is 0 Å². The van der Waals surface area contributed by atoms with Crippen LogP contribution in [0.1, 0.15) is 6.04 Å². The van der Waals surface area contributed by atoms with E-state index < -0.39 is 21.4 Å². The normalized spacial score (nSPS) is 15.1. The number of hydrogen-bond acceptors (Lipinski definition) is 12. The molecule has 0 radical (unpaired) electrons. The highest BCUT2D eigenvalue weighted by molar-refractivity contribution is 9.11. The van der Waals surface area contributed by atoms with E-state index in [0.717, 1.165) is 74.4 Å². The Morgan fingerprint density at radius 3 is 1.72 bits per heavy atom. The van der Waals surface area contributed by atoms with Crippen molar-refractivity contribution in [3.05, 3.63) is 117 Å². The van der Waals surface area contributed by atoms with Crippen LogP contribution < -0.4 is 16.4 Å². The fourth-order valence-electron chi connectivity index (χ4n) is 4.69. The fourth-order valence-corrected chi connectivity index (χ4v) is 6.09. The van der Waals surface area contributed by atoms with Crippen LogP contribution in [0.2, 0.25) is 0 Å². The molecule has 0 bridgehead atoms. The molecule has 4 heterocycles. The molecule has 1 aromatic heterocycles. The Labute approximate surface area is 335 Å². The molecule has 0 aliphatic carbocycles. The Morgan fingerprint density at radius 1 is 0.698 bits per heavy atom. The highest BCUT2D eigenvalue weighted by Gasteiger charge is 2.24. The van der Waals surface area contributed by atoms with Gasteiger partial charge in [0.05, 0.1) is 78.5 Å². The minimum atomic E-state index is -0.829. The maximum absolute atomic E-state index is 12.6. The third kappa shape index (κ3) is 11.4. The molecule has 4 N–H and O–H groups in total. The van der Waals surface area contributed by atoms with Crippen molar-refractivity contribution in [3.8, 4) is 0 Å². The standard InChI is InChI=1S/C9H8BrN3O.C9H9BrN2O3.C9H11BrN2O.C6H3BrFNO2/c10-6-1-2-8-9(3-6)13(12-11-8)7-4-14-5-7;10-6-1-2-9(12(13)14)8(3-6)11-7-4-15-5-7;10-6-1-2-8(11)9(3-6)12-7-4-13-5-7;7-4-1-2-6(9(10)11)5(8)3-4/h1-3,7H,4-5H2;1-3,7,11H,4-5H2;1-3,7,12H,4-5,11H2;1-3H. The van der Waals surface area contributed by atoms with Gasteiger partial charge in [-0.25, -0.2) is 4.68 Å². The molecule has 0 saturated carbocycles. The predicted octanol–water partition coefficient (Wildman–Crippen LogP) is 8.27. The lowest BCUT2D eigenvalue weighted by atomic mass is 10.2. The van der Waals surface area contributed by atoms with Gasteiger partial charge in [0.15, 0.2) is 0 Å². The van der Waals surface area contributed by atoms with Crippen molar-refractivity contribution >= 4 is 103 Å². The number of aromatic nitrogens is 3. The van der Waals surface area contributed by atoms with Gasteiger partial charge in [0.1, 0.15) is 17.2 Å². The molecule has 280 valence electrons. The number of hydrogen-bond donors (Lipinski definition) is 3. The molecule has 20 heteroatoms. The minimum absolute atomic E-state index is 0.0881. The lowest BCUT2D eigenvalue weighted by molar-refractivity contribution is -0.387. The summed E-state index contributed by atoms with van der Waals surface area (Å²) in [6, 6.07) is 21.1. The van der Waals surface area contributed by atoms with Crippen LogP contribution in [-0.4, -0.2) is 76.6 Å². The molecule has 8 rings (SSSR count). The second kappa shape index (κ2) is 19.0. The van der Waals surface area contributed by atoms with Gasteiger partial charge in [-0.1, -0.05) is 68.9 Å². The van der Waals surface area contributed by atoms with E-state index in [1.807, 2.05) is 41.1 Å². The SMILES string of the molecule is Brc1ccc2nnn(C3COC3)c2c1.Nc1ccc(Br)cc1NC1COC1.O=[N+]([O-])c1ccc(Br)cc1F.O=[N+]([O-])c1ccc(Br)cc1NC1COC1. The number of nitrogens with two attached hydrogens (primary N) is 1. The number of benzene rings is 4. The van der Waals surface area contributed by atoms with Crippen molar-refractivity contribution in [3.63, 3.8) is 0 Å². The summed E-state index contributed by atoms with van der Waals surface area (Å²) in [6.45, 7) is 4.22. The number of nitrogen functional groups attached to an aromatic ring is 1. The molecule has 4 aromatic carbocycles. The molecule has 0 amide bonds. The summed E-state index contributed by atoms with van der Waals surface area (Å²) < 4.78 is 33.1. The molecule has 0 atom stereocenters. The van der Waals surface area contributed by atoms with Gasteiger partial charge >= 0.3 is 5.69 Å².